The van der Waals surface area contributed by atoms with Crippen molar-refractivity contribution in [1.82, 2.24) is 0 Å². The minimum Gasteiger partial charge on any atom is -0.489 e. The van der Waals surface area contributed by atoms with E-state index in [2.05, 4.69) is 5.32 Å². The zero-order valence-electron chi connectivity index (χ0n) is 16.4. The first-order valence-electron chi connectivity index (χ1n) is 9.78. The van der Waals surface area contributed by atoms with Crippen LogP contribution in [0.2, 0.25) is 0 Å². The van der Waals surface area contributed by atoms with E-state index < -0.39 is 0 Å². The third kappa shape index (κ3) is 5.61. The smallest absolute Gasteiger partial charge is 0.127 e. The molecule has 1 N–H and O–H groups in total. The number of benzene rings is 4. The Balaban J connectivity index is 1.26. The molecule has 4 rings (SSSR count). The molecule has 0 fully saturated rings. The van der Waals surface area contributed by atoms with Gasteiger partial charge >= 0.3 is 0 Å². The van der Waals surface area contributed by atoms with Crippen molar-refractivity contribution < 1.29 is 13.9 Å². The van der Waals surface area contributed by atoms with Gasteiger partial charge < -0.3 is 14.8 Å². The van der Waals surface area contributed by atoms with Crippen LogP contribution in [-0.4, -0.2) is 0 Å². The highest BCUT2D eigenvalue weighted by Crippen LogP contribution is 2.23. The summed E-state index contributed by atoms with van der Waals surface area (Å²) < 4.78 is 24.8. The van der Waals surface area contributed by atoms with E-state index in [9.17, 15) is 4.39 Å². The van der Waals surface area contributed by atoms with Crippen molar-refractivity contribution >= 4 is 5.69 Å². The van der Waals surface area contributed by atoms with E-state index in [-0.39, 0.29) is 5.82 Å². The van der Waals surface area contributed by atoms with Gasteiger partial charge in [0.25, 0.3) is 0 Å². The van der Waals surface area contributed by atoms with E-state index >= 15 is 0 Å². The highest BCUT2D eigenvalue weighted by Gasteiger charge is 2.01. The topological polar surface area (TPSA) is 30.5 Å². The first-order valence-corrected chi connectivity index (χ1v) is 9.78. The van der Waals surface area contributed by atoms with Crippen molar-refractivity contribution in [1.29, 1.82) is 0 Å². The van der Waals surface area contributed by atoms with Gasteiger partial charge in [-0.2, -0.15) is 0 Å². The number of hydrogen-bond acceptors (Lipinski definition) is 3. The van der Waals surface area contributed by atoms with E-state index in [0.29, 0.717) is 13.2 Å². The Morgan fingerprint density at radius 3 is 2.07 bits per heavy atom. The fourth-order valence-corrected chi connectivity index (χ4v) is 2.97. The van der Waals surface area contributed by atoms with Crippen LogP contribution in [-0.2, 0) is 13.2 Å². The Morgan fingerprint density at radius 1 is 0.633 bits per heavy atom. The first kappa shape index (κ1) is 19.5. The summed E-state index contributed by atoms with van der Waals surface area (Å²) in [7, 11) is 0. The lowest BCUT2D eigenvalue weighted by atomic mass is 10.2. The predicted molar refractivity (Wildman–Crippen MR) is 117 cm³/mol. The summed E-state index contributed by atoms with van der Waals surface area (Å²) in [5, 5.41) is 3.40. The second-order valence-corrected chi connectivity index (χ2v) is 6.86. The summed E-state index contributed by atoms with van der Waals surface area (Å²) in [6.45, 7) is 1.04. The van der Waals surface area contributed by atoms with E-state index in [1.54, 1.807) is 6.07 Å². The standard InChI is InChI=1S/C26H22FNO2/c27-22-6-4-5-21(17-22)19-29-24-13-9-20(10-14-24)18-28-23-11-15-26(16-12-23)30-25-7-2-1-3-8-25/h1-17,28H,18-19H2. The van der Waals surface area contributed by atoms with E-state index in [0.717, 1.165) is 34.1 Å². The molecular weight excluding hydrogens is 377 g/mol. The molecule has 4 aromatic rings. The van der Waals surface area contributed by atoms with Gasteiger partial charge in [-0.25, -0.2) is 4.39 Å². The minimum absolute atomic E-state index is 0.253. The molecule has 3 nitrogen and oxygen atoms in total. The van der Waals surface area contributed by atoms with Crippen LogP contribution < -0.4 is 14.8 Å². The number of anilines is 1. The molecule has 0 heterocycles. The summed E-state index contributed by atoms with van der Waals surface area (Å²) >= 11 is 0. The van der Waals surface area contributed by atoms with Gasteiger partial charge in [-0.3, -0.25) is 0 Å². The molecule has 0 spiro atoms. The highest BCUT2D eigenvalue weighted by molar-refractivity contribution is 5.47. The molecule has 0 unspecified atom stereocenters. The van der Waals surface area contributed by atoms with Crippen LogP contribution in [0.3, 0.4) is 0 Å². The van der Waals surface area contributed by atoms with E-state index in [1.165, 1.54) is 12.1 Å². The third-order valence-electron chi connectivity index (χ3n) is 4.55. The number of halogens is 1. The largest absolute Gasteiger partial charge is 0.489 e. The maximum atomic E-state index is 13.2. The molecule has 0 aliphatic rings. The third-order valence-corrected chi connectivity index (χ3v) is 4.55. The number of para-hydroxylation sites is 1. The summed E-state index contributed by atoms with van der Waals surface area (Å²) in [6, 6.07) is 31.9. The quantitative estimate of drug-likeness (QED) is 0.353. The molecule has 0 saturated heterocycles. The average Bonchev–Trinajstić information content (AvgIpc) is 2.79. The van der Waals surface area contributed by atoms with Crippen LogP contribution >= 0.6 is 0 Å². The average molecular weight is 399 g/mol. The Labute approximate surface area is 175 Å². The molecule has 0 radical (unpaired) electrons. The molecule has 150 valence electrons. The number of rotatable bonds is 8. The molecule has 0 aliphatic carbocycles. The molecule has 30 heavy (non-hydrogen) atoms. The van der Waals surface area contributed by atoms with Crippen molar-refractivity contribution in [2.24, 2.45) is 0 Å². The van der Waals surface area contributed by atoms with Crippen LogP contribution in [0.4, 0.5) is 10.1 Å². The number of nitrogens with one attached hydrogen (secondary N) is 1. The van der Waals surface area contributed by atoms with Gasteiger partial charge in [0.2, 0.25) is 0 Å². The molecule has 4 aromatic carbocycles. The van der Waals surface area contributed by atoms with Crippen molar-refractivity contribution in [3.05, 3.63) is 120 Å². The predicted octanol–water partition coefficient (Wildman–Crippen LogP) is 6.81. The fourth-order valence-electron chi connectivity index (χ4n) is 2.97. The van der Waals surface area contributed by atoms with Gasteiger partial charge in [-0.15, -0.1) is 0 Å². The maximum absolute atomic E-state index is 13.2. The number of hydrogen-bond donors (Lipinski definition) is 1. The van der Waals surface area contributed by atoms with E-state index in [4.69, 9.17) is 9.47 Å². The fraction of sp³-hybridized carbons (Fsp3) is 0.0769. The van der Waals surface area contributed by atoms with Gasteiger partial charge in [-0.05, 0) is 71.8 Å². The SMILES string of the molecule is Fc1cccc(COc2ccc(CNc3ccc(Oc4ccccc4)cc3)cc2)c1. The highest BCUT2D eigenvalue weighted by atomic mass is 19.1. The van der Waals surface area contributed by atoms with Gasteiger partial charge in [0.1, 0.15) is 29.7 Å². The molecule has 0 atom stereocenters. The van der Waals surface area contributed by atoms with Crippen molar-refractivity contribution in [3.63, 3.8) is 0 Å². The number of ether oxygens (including phenoxy) is 2. The van der Waals surface area contributed by atoms with Gasteiger partial charge in [0.15, 0.2) is 0 Å². The lowest BCUT2D eigenvalue weighted by Crippen LogP contribution is -2.00. The zero-order valence-corrected chi connectivity index (χ0v) is 16.4. The van der Waals surface area contributed by atoms with Crippen LogP contribution in [0.25, 0.3) is 0 Å². The second kappa shape index (κ2) is 9.61. The lowest BCUT2D eigenvalue weighted by Gasteiger charge is -2.10. The zero-order chi connectivity index (χ0) is 20.6. The Hall–Kier alpha value is -3.79. The van der Waals surface area contributed by atoms with E-state index in [1.807, 2.05) is 84.9 Å². The maximum Gasteiger partial charge on any atom is 0.127 e. The van der Waals surface area contributed by atoms with Crippen molar-refractivity contribution in [2.45, 2.75) is 13.2 Å². The minimum atomic E-state index is -0.253. The lowest BCUT2D eigenvalue weighted by molar-refractivity contribution is 0.305. The van der Waals surface area contributed by atoms with Gasteiger partial charge in [0.05, 0.1) is 0 Å². The Kier molecular flexibility index (Phi) is 6.25. The molecule has 0 aliphatic heterocycles. The molecule has 0 amide bonds. The molecular formula is C26H22FNO2. The van der Waals surface area contributed by atoms with Gasteiger partial charge in [0, 0.05) is 12.2 Å². The van der Waals surface area contributed by atoms with Crippen LogP contribution in [0, 0.1) is 5.82 Å². The Morgan fingerprint density at radius 2 is 1.33 bits per heavy atom. The van der Waals surface area contributed by atoms with Crippen LogP contribution in [0.1, 0.15) is 11.1 Å². The summed E-state index contributed by atoms with van der Waals surface area (Å²) in [5.41, 5.74) is 2.96. The molecule has 0 bridgehead atoms. The second-order valence-electron chi connectivity index (χ2n) is 6.86. The monoisotopic (exact) mass is 399 g/mol. The molecule has 0 aromatic heterocycles. The summed E-state index contributed by atoms with van der Waals surface area (Å²) in [5.74, 6) is 2.12. The van der Waals surface area contributed by atoms with Crippen molar-refractivity contribution in [3.8, 4) is 17.2 Å². The molecule has 4 heteroatoms. The Bertz CT molecular complexity index is 1060. The van der Waals surface area contributed by atoms with Crippen LogP contribution in [0.5, 0.6) is 17.2 Å². The van der Waals surface area contributed by atoms with Gasteiger partial charge in [-0.1, -0.05) is 42.5 Å². The van der Waals surface area contributed by atoms with Crippen LogP contribution in [0.15, 0.2) is 103 Å². The first-order chi connectivity index (χ1) is 14.7. The van der Waals surface area contributed by atoms with Crippen molar-refractivity contribution in [2.75, 3.05) is 5.32 Å². The summed E-state index contributed by atoms with van der Waals surface area (Å²) in [4.78, 5) is 0. The summed E-state index contributed by atoms with van der Waals surface area (Å²) in [6.07, 6.45) is 0. The molecule has 0 saturated carbocycles. The normalized spacial score (nSPS) is 10.4.